The van der Waals surface area contributed by atoms with Crippen molar-refractivity contribution in [3.63, 3.8) is 0 Å². The fraction of sp³-hybridized carbons (Fsp3) is 0.636. The number of imide groups is 1. The summed E-state index contributed by atoms with van der Waals surface area (Å²) in [5.74, 6) is -1.00. The Labute approximate surface area is 110 Å². The van der Waals surface area contributed by atoms with E-state index in [-0.39, 0.29) is 36.1 Å². The van der Waals surface area contributed by atoms with Crippen LogP contribution >= 0.6 is 12.2 Å². The lowest BCUT2D eigenvalue weighted by Gasteiger charge is -2.21. The Morgan fingerprint density at radius 3 is 2.50 bits per heavy atom. The molecule has 18 heavy (non-hydrogen) atoms. The van der Waals surface area contributed by atoms with Gasteiger partial charge in [0.25, 0.3) is 0 Å². The van der Waals surface area contributed by atoms with Gasteiger partial charge in [-0.3, -0.25) is 19.3 Å². The van der Waals surface area contributed by atoms with Gasteiger partial charge in [0.05, 0.1) is 16.8 Å². The average Bonchev–Trinajstić information content (AvgIpc) is 3.06. The fourth-order valence-corrected chi connectivity index (χ4v) is 2.16. The summed E-state index contributed by atoms with van der Waals surface area (Å²) in [6, 6.07) is 0. The van der Waals surface area contributed by atoms with E-state index in [1.54, 1.807) is 7.05 Å². The van der Waals surface area contributed by atoms with E-state index in [1.807, 2.05) is 0 Å². The molecule has 2 atom stereocenters. The van der Waals surface area contributed by atoms with Crippen LogP contribution in [0.3, 0.4) is 0 Å². The van der Waals surface area contributed by atoms with Crippen LogP contribution in [-0.2, 0) is 14.4 Å². The highest BCUT2D eigenvalue weighted by Crippen LogP contribution is 2.46. The predicted molar refractivity (Wildman–Crippen MR) is 67.4 cm³/mol. The average molecular weight is 269 g/mol. The monoisotopic (exact) mass is 269 g/mol. The number of piperidine rings is 1. The lowest BCUT2D eigenvalue weighted by Crippen LogP contribution is -2.43. The van der Waals surface area contributed by atoms with Crippen molar-refractivity contribution in [3.8, 4) is 0 Å². The zero-order valence-electron chi connectivity index (χ0n) is 10.1. The number of rotatable bonds is 5. The van der Waals surface area contributed by atoms with Crippen LogP contribution in [0.2, 0.25) is 0 Å². The van der Waals surface area contributed by atoms with Crippen LogP contribution in [0.1, 0.15) is 12.8 Å². The van der Waals surface area contributed by atoms with Crippen molar-refractivity contribution in [1.29, 1.82) is 0 Å². The number of hydrogen-bond donors (Lipinski definition) is 1. The number of amides is 3. The van der Waals surface area contributed by atoms with E-state index in [1.165, 1.54) is 4.90 Å². The lowest BCUT2D eigenvalue weighted by molar-refractivity contribution is -0.147. The molecule has 1 aliphatic carbocycles. The Morgan fingerprint density at radius 2 is 2.00 bits per heavy atom. The second kappa shape index (κ2) is 4.64. The highest BCUT2D eigenvalue weighted by Gasteiger charge is 2.59. The molecule has 1 saturated carbocycles. The molecule has 2 unspecified atom stereocenters. The maximum absolute atomic E-state index is 11.8. The molecule has 1 heterocycles. The molecule has 0 aromatic rings. The van der Waals surface area contributed by atoms with E-state index in [9.17, 15) is 14.4 Å². The maximum atomic E-state index is 11.8. The normalized spacial score (nSPS) is 25.1. The van der Waals surface area contributed by atoms with Gasteiger partial charge in [-0.15, -0.1) is 0 Å². The first kappa shape index (κ1) is 12.9. The molecule has 0 spiro atoms. The maximum Gasteiger partial charge on any atom is 0.242 e. The van der Waals surface area contributed by atoms with Crippen LogP contribution in [0, 0.1) is 11.8 Å². The molecule has 0 radical (unpaired) electrons. The molecule has 0 aromatic carbocycles. The summed E-state index contributed by atoms with van der Waals surface area (Å²) in [6.07, 6.45) is 1.09. The third-order valence-corrected chi connectivity index (χ3v) is 3.57. The van der Waals surface area contributed by atoms with E-state index in [0.29, 0.717) is 24.4 Å². The summed E-state index contributed by atoms with van der Waals surface area (Å²) in [5.41, 5.74) is 5.35. The van der Waals surface area contributed by atoms with Crippen LogP contribution in [0.4, 0.5) is 0 Å². The predicted octanol–water partition coefficient (Wildman–Crippen LogP) is -0.874. The minimum atomic E-state index is -0.269. The summed E-state index contributed by atoms with van der Waals surface area (Å²) in [7, 11) is 1.60. The van der Waals surface area contributed by atoms with Crippen LogP contribution in [0.5, 0.6) is 0 Å². The standard InChI is InChI=1S/C11H15N3O3S/c1-13(3-2-8(12)18)9(15)5-14-10(16)6-4-7(6)11(14)17/h6-7H,2-5H2,1H3,(H2,12,18). The first-order chi connectivity index (χ1) is 8.41. The third-order valence-electron chi connectivity index (χ3n) is 3.37. The smallest absolute Gasteiger partial charge is 0.242 e. The third kappa shape index (κ3) is 2.35. The lowest BCUT2D eigenvalue weighted by atomic mass is 10.3. The molecule has 6 nitrogen and oxygen atoms in total. The van der Waals surface area contributed by atoms with E-state index >= 15 is 0 Å². The van der Waals surface area contributed by atoms with Gasteiger partial charge in [-0.1, -0.05) is 12.2 Å². The Balaban J connectivity index is 1.86. The van der Waals surface area contributed by atoms with E-state index in [2.05, 4.69) is 0 Å². The summed E-state index contributed by atoms with van der Waals surface area (Å²) in [4.78, 5) is 38.0. The summed E-state index contributed by atoms with van der Waals surface area (Å²) in [6.45, 7) is 0.232. The minimum absolute atomic E-state index is 0.160. The van der Waals surface area contributed by atoms with E-state index < -0.39 is 0 Å². The van der Waals surface area contributed by atoms with Crippen molar-refractivity contribution in [2.75, 3.05) is 20.1 Å². The second-order valence-electron chi connectivity index (χ2n) is 4.74. The molecule has 2 fully saturated rings. The molecule has 2 rings (SSSR count). The summed E-state index contributed by atoms with van der Waals surface area (Å²) >= 11 is 4.72. The quantitative estimate of drug-likeness (QED) is 0.518. The molecule has 2 aliphatic rings. The molecule has 0 bridgehead atoms. The zero-order valence-corrected chi connectivity index (χ0v) is 10.9. The van der Waals surface area contributed by atoms with E-state index in [4.69, 9.17) is 18.0 Å². The van der Waals surface area contributed by atoms with Gasteiger partial charge in [0.2, 0.25) is 17.7 Å². The summed E-state index contributed by atoms with van der Waals surface area (Å²) < 4.78 is 0. The number of nitrogens with two attached hydrogens (primary N) is 1. The van der Waals surface area contributed by atoms with Crippen LogP contribution < -0.4 is 5.73 Å². The van der Waals surface area contributed by atoms with Crippen molar-refractivity contribution in [2.45, 2.75) is 12.8 Å². The molecular weight excluding hydrogens is 254 g/mol. The molecule has 0 aromatic heterocycles. The first-order valence-corrected chi connectivity index (χ1v) is 6.20. The number of fused-ring (bicyclic) bond motifs is 1. The Morgan fingerprint density at radius 1 is 1.44 bits per heavy atom. The molecule has 1 aliphatic heterocycles. The number of carbonyl (C=O) groups excluding carboxylic acids is 3. The van der Waals surface area contributed by atoms with Gasteiger partial charge >= 0.3 is 0 Å². The van der Waals surface area contributed by atoms with Gasteiger partial charge in [0, 0.05) is 20.0 Å². The first-order valence-electron chi connectivity index (χ1n) is 5.79. The second-order valence-corrected chi connectivity index (χ2v) is 5.27. The SMILES string of the molecule is CN(CCC(N)=S)C(=O)CN1C(=O)C2CC2C1=O. The van der Waals surface area contributed by atoms with Crippen LogP contribution in [-0.4, -0.2) is 52.6 Å². The van der Waals surface area contributed by atoms with Crippen molar-refractivity contribution >= 4 is 34.9 Å². The van der Waals surface area contributed by atoms with Gasteiger partial charge in [0.1, 0.15) is 6.54 Å². The van der Waals surface area contributed by atoms with Crippen molar-refractivity contribution in [1.82, 2.24) is 9.80 Å². The molecule has 2 N–H and O–H groups in total. The number of nitrogens with zero attached hydrogens (tertiary/aromatic N) is 2. The van der Waals surface area contributed by atoms with Crippen molar-refractivity contribution in [3.05, 3.63) is 0 Å². The molecular formula is C11H15N3O3S. The number of carbonyl (C=O) groups is 3. The van der Waals surface area contributed by atoms with Gasteiger partial charge < -0.3 is 10.6 Å². The van der Waals surface area contributed by atoms with Crippen molar-refractivity contribution < 1.29 is 14.4 Å². The molecule has 7 heteroatoms. The zero-order chi connectivity index (χ0) is 13.4. The van der Waals surface area contributed by atoms with E-state index in [0.717, 1.165) is 4.90 Å². The highest BCUT2D eigenvalue weighted by atomic mass is 32.1. The Bertz CT molecular complexity index is 417. The molecule has 1 saturated heterocycles. The van der Waals surface area contributed by atoms with Gasteiger partial charge in [-0.25, -0.2) is 0 Å². The minimum Gasteiger partial charge on any atom is -0.393 e. The number of likely N-dealkylation sites (N-methyl/N-ethyl adjacent to an activating group) is 1. The molecule has 98 valence electrons. The van der Waals surface area contributed by atoms with Gasteiger partial charge in [0.15, 0.2) is 0 Å². The Kier molecular flexibility index (Phi) is 3.34. The number of likely N-dealkylation sites (tertiary alicyclic amines) is 1. The van der Waals surface area contributed by atoms with Crippen molar-refractivity contribution in [2.24, 2.45) is 17.6 Å². The molecule has 3 amide bonds. The summed E-state index contributed by atoms with van der Waals surface area (Å²) in [5, 5.41) is 0. The number of hydrogen-bond acceptors (Lipinski definition) is 4. The largest absolute Gasteiger partial charge is 0.393 e. The van der Waals surface area contributed by atoms with Gasteiger partial charge in [-0.2, -0.15) is 0 Å². The van der Waals surface area contributed by atoms with Gasteiger partial charge in [-0.05, 0) is 6.42 Å². The fourth-order valence-electron chi connectivity index (χ4n) is 2.06. The Hall–Kier alpha value is -1.50. The van der Waals surface area contributed by atoms with Crippen LogP contribution in [0.25, 0.3) is 0 Å². The highest BCUT2D eigenvalue weighted by molar-refractivity contribution is 7.80. The van der Waals surface area contributed by atoms with Crippen LogP contribution in [0.15, 0.2) is 0 Å². The topological polar surface area (TPSA) is 83.7 Å². The number of thiocarbonyl (C=S) groups is 1.